The molecule has 0 amide bonds. The van der Waals surface area contributed by atoms with Gasteiger partial charge in [0.1, 0.15) is 5.82 Å². The van der Waals surface area contributed by atoms with Crippen molar-refractivity contribution in [1.29, 1.82) is 0 Å². The number of rotatable bonds is 5. The molecule has 0 radical (unpaired) electrons. The van der Waals surface area contributed by atoms with Gasteiger partial charge in [0.15, 0.2) is 0 Å². The number of hydrogen-bond acceptors (Lipinski definition) is 3. The Balaban J connectivity index is 2.38. The van der Waals surface area contributed by atoms with Gasteiger partial charge in [-0.3, -0.25) is 0 Å². The van der Waals surface area contributed by atoms with Crippen molar-refractivity contribution in [3.05, 3.63) is 18.2 Å². The first-order chi connectivity index (χ1) is 6.53. The molecule has 0 bridgehead atoms. The van der Waals surface area contributed by atoms with Crippen LogP contribution in [0.3, 0.4) is 0 Å². The second-order valence-electron chi connectivity index (χ2n) is 4.11. The van der Waals surface area contributed by atoms with Crippen LogP contribution in [0.4, 0.5) is 0 Å². The summed E-state index contributed by atoms with van der Waals surface area (Å²) in [4.78, 5) is 4.31. The lowest BCUT2D eigenvalue weighted by Gasteiger charge is -2.17. The highest BCUT2D eigenvalue weighted by Gasteiger charge is 2.11. The molecule has 1 rings (SSSR count). The van der Waals surface area contributed by atoms with Crippen molar-refractivity contribution in [2.75, 3.05) is 5.75 Å². The minimum atomic E-state index is -0.0890. The highest BCUT2D eigenvalue weighted by Crippen LogP contribution is 2.15. The molecule has 0 spiro atoms. The minimum absolute atomic E-state index is 0.0890. The van der Waals surface area contributed by atoms with Gasteiger partial charge in [0.05, 0.1) is 5.75 Å². The topological polar surface area (TPSA) is 43.8 Å². The zero-order valence-corrected chi connectivity index (χ0v) is 9.97. The molecule has 0 saturated heterocycles. The van der Waals surface area contributed by atoms with Crippen molar-refractivity contribution in [3.8, 4) is 0 Å². The molecule has 14 heavy (non-hydrogen) atoms. The van der Waals surface area contributed by atoms with Crippen molar-refractivity contribution in [3.63, 3.8) is 0 Å². The Morgan fingerprint density at radius 3 is 2.86 bits per heavy atom. The maximum atomic E-state index is 5.90. The first-order valence-corrected chi connectivity index (χ1v) is 6.05. The molecule has 1 heterocycles. The van der Waals surface area contributed by atoms with Crippen LogP contribution in [0.2, 0.25) is 0 Å². The van der Waals surface area contributed by atoms with Gasteiger partial charge in [-0.15, -0.1) is 0 Å². The lowest BCUT2D eigenvalue weighted by molar-refractivity contribution is 0.591. The Kier molecular flexibility index (Phi) is 4.01. The predicted octanol–water partition coefficient (Wildman–Crippen LogP) is 1.87. The average molecular weight is 213 g/mol. The Morgan fingerprint density at radius 1 is 1.57 bits per heavy atom. The molecule has 3 nitrogen and oxygen atoms in total. The zero-order chi connectivity index (χ0) is 10.6. The van der Waals surface area contributed by atoms with Crippen LogP contribution in [0.25, 0.3) is 0 Å². The summed E-state index contributed by atoms with van der Waals surface area (Å²) in [5.41, 5.74) is 5.81. The summed E-state index contributed by atoms with van der Waals surface area (Å²) >= 11 is 1.84. The van der Waals surface area contributed by atoms with E-state index in [-0.39, 0.29) is 5.54 Å². The average Bonchev–Trinajstić information content (AvgIpc) is 2.49. The van der Waals surface area contributed by atoms with E-state index in [1.807, 2.05) is 38.0 Å². The molecule has 2 N–H and O–H groups in total. The minimum Gasteiger partial charge on any atom is -0.335 e. The maximum absolute atomic E-state index is 5.90. The van der Waals surface area contributed by atoms with Crippen LogP contribution < -0.4 is 5.73 Å². The third kappa shape index (κ3) is 3.72. The van der Waals surface area contributed by atoms with Gasteiger partial charge in [0.2, 0.25) is 0 Å². The van der Waals surface area contributed by atoms with Gasteiger partial charge >= 0.3 is 0 Å². The van der Waals surface area contributed by atoms with E-state index in [1.165, 1.54) is 0 Å². The van der Waals surface area contributed by atoms with Crippen molar-refractivity contribution in [2.45, 2.75) is 38.6 Å². The summed E-state index contributed by atoms with van der Waals surface area (Å²) in [5.74, 6) is 3.05. The summed E-state index contributed by atoms with van der Waals surface area (Å²) < 4.78 is 2.16. The molecule has 0 aliphatic carbocycles. The molecule has 0 atom stereocenters. The highest BCUT2D eigenvalue weighted by molar-refractivity contribution is 7.98. The summed E-state index contributed by atoms with van der Waals surface area (Å²) in [6.45, 7) is 7.21. The molecule has 80 valence electrons. The van der Waals surface area contributed by atoms with Gasteiger partial charge in [0.25, 0.3) is 0 Å². The Labute approximate surface area is 90.1 Å². The molecule has 1 aromatic rings. The van der Waals surface area contributed by atoms with E-state index in [0.29, 0.717) is 0 Å². The fourth-order valence-corrected chi connectivity index (χ4v) is 2.22. The second kappa shape index (κ2) is 4.84. The number of aryl methyl sites for hydroxylation is 1. The molecular weight excluding hydrogens is 194 g/mol. The van der Waals surface area contributed by atoms with E-state index in [1.54, 1.807) is 0 Å². The lowest BCUT2D eigenvalue weighted by Crippen LogP contribution is -2.34. The van der Waals surface area contributed by atoms with Crippen LogP contribution in [0.15, 0.2) is 12.4 Å². The summed E-state index contributed by atoms with van der Waals surface area (Å²) in [5, 5.41) is 0. The summed E-state index contributed by atoms with van der Waals surface area (Å²) in [6.07, 6.45) is 3.87. The quantitative estimate of drug-likeness (QED) is 0.812. The van der Waals surface area contributed by atoms with Gasteiger partial charge in [-0.2, -0.15) is 11.8 Å². The van der Waals surface area contributed by atoms with Gasteiger partial charge in [-0.25, -0.2) is 4.98 Å². The lowest BCUT2D eigenvalue weighted by atomic mass is 10.1. The van der Waals surface area contributed by atoms with E-state index in [9.17, 15) is 0 Å². The van der Waals surface area contributed by atoms with E-state index in [0.717, 1.165) is 23.9 Å². The Morgan fingerprint density at radius 2 is 2.29 bits per heavy atom. The molecule has 0 aliphatic heterocycles. The molecule has 0 aromatic carbocycles. The first kappa shape index (κ1) is 11.6. The third-order valence-electron chi connectivity index (χ3n) is 1.85. The molecular formula is C10H19N3S. The van der Waals surface area contributed by atoms with Crippen molar-refractivity contribution in [2.24, 2.45) is 5.73 Å². The van der Waals surface area contributed by atoms with Gasteiger partial charge in [0, 0.05) is 30.2 Å². The summed E-state index contributed by atoms with van der Waals surface area (Å²) in [6, 6.07) is 0. The second-order valence-corrected chi connectivity index (χ2v) is 5.10. The normalized spacial score (nSPS) is 12.0. The van der Waals surface area contributed by atoms with Crippen LogP contribution in [-0.4, -0.2) is 20.8 Å². The number of nitrogens with zero attached hydrogens (tertiary/aromatic N) is 2. The molecule has 0 unspecified atom stereocenters. The van der Waals surface area contributed by atoms with E-state index in [2.05, 4.69) is 16.5 Å². The van der Waals surface area contributed by atoms with Crippen LogP contribution >= 0.6 is 11.8 Å². The monoisotopic (exact) mass is 213 g/mol. The zero-order valence-electron chi connectivity index (χ0n) is 9.16. The van der Waals surface area contributed by atoms with Crippen LogP contribution in [0.5, 0.6) is 0 Å². The largest absolute Gasteiger partial charge is 0.335 e. The van der Waals surface area contributed by atoms with Gasteiger partial charge in [-0.05, 0) is 20.8 Å². The maximum Gasteiger partial charge on any atom is 0.118 e. The first-order valence-electron chi connectivity index (χ1n) is 4.89. The fourth-order valence-electron chi connectivity index (χ4n) is 1.17. The number of aromatic nitrogens is 2. The number of nitrogens with two attached hydrogens (primary N) is 1. The third-order valence-corrected chi connectivity index (χ3v) is 3.26. The number of hydrogen-bond donors (Lipinski definition) is 1. The molecule has 1 aromatic heterocycles. The van der Waals surface area contributed by atoms with Crippen LogP contribution in [0, 0.1) is 0 Å². The van der Waals surface area contributed by atoms with Crippen molar-refractivity contribution in [1.82, 2.24) is 9.55 Å². The van der Waals surface area contributed by atoms with E-state index < -0.39 is 0 Å². The SMILES string of the molecule is CCn1ccnc1CSCC(C)(C)N. The Bertz CT molecular complexity index is 275. The Hall–Kier alpha value is -0.480. The number of imidazole rings is 1. The molecule has 0 aliphatic rings. The fraction of sp³-hybridized carbons (Fsp3) is 0.700. The van der Waals surface area contributed by atoms with Crippen LogP contribution in [0.1, 0.15) is 26.6 Å². The number of thioether (sulfide) groups is 1. The highest BCUT2D eigenvalue weighted by atomic mass is 32.2. The summed E-state index contributed by atoms with van der Waals surface area (Å²) in [7, 11) is 0. The van der Waals surface area contributed by atoms with Crippen LogP contribution in [-0.2, 0) is 12.3 Å². The molecule has 0 fully saturated rings. The molecule has 4 heteroatoms. The van der Waals surface area contributed by atoms with Crippen molar-refractivity contribution >= 4 is 11.8 Å². The van der Waals surface area contributed by atoms with Gasteiger partial charge < -0.3 is 10.3 Å². The van der Waals surface area contributed by atoms with Crippen molar-refractivity contribution < 1.29 is 0 Å². The van der Waals surface area contributed by atoms with E-state index >= 15 is 0 Å². The predicted molar refractivity (Wildman–Crippen MR) is 62.3 cm³/mol. The standard InChI is InChI=1S/C10H19N3S/c1-4-13-6-5-12-9(13)7-14-8-10(2,3)11/h5-6H,4,7-8,11H2,1-3H3. The van der Waals surface area contributed by atoms with Gasteiger partial charge in [-0.1, -0.05) is 0 Å². The van der Waals surface area contributed by atoms with E-state index in [4.69, 9.17) is 5.73 Å². The molecule has 0 saturated carbocycles. The smallest absolute Gasteiger partial charge is 0.118 e.